The molecule has 0 amide bonds. The van der Waals surface area contributed by atoms with Crippen molar-refractivity contribution in [2.45, 2.75) is 143 Å². The molecular weight excluding hydrogens is 506 g/mol. The lowest BCUT2D eigenvalue weighted by Gasteiger charge is -2.71. The third-order valence-electron chi connectivity index (χ3n) is 14.9. The van der Waals surface area contributed by atoms with Crippen molar-refractivity contribution in [2.24, 2.45) is 51.8 Å². The van der Waals surface area contributed by atoms with Crippen LogP contribution in [0.1, 0.15) is 131 Å². The predicted octanol–water partition coefficient (Wildman–Crippen LogP) is 8.30. The number of hydrogen-bond acceptors (Lipinski definition) is 3. The Labute approximate surface area is 250 Å². The van der Waals surface area contributed by atoms with Crippen LogP contribution in [-0.2, 0) is 4.79 Å². The van der Waals surface area contributed by atoms with Crippen LogP contribution in [0, 0.1) is 51.8 Å². The first kappa shape index (κ1) is 29.9. The number of rotatable bonds is 6. The SMILES string of the molecule is CC1C(C2=CCC(C(=O)O)CC2)=CC[C@@]2(C)C1CC[C@]1(C)C2CCC2C3CCC[C@]3(NCCC(C)(C)O)CC[C@]21C. The van der Waals surface area contributed by atoms with Crippen LogP contribution < -0.4 is 5.32 Å². The van der Waals surface area contributed by atoms with Gasteiger partial charge in [-0.1, -0.05) is 46.3 Å². The minimum Gasteiger partial charge on any atom is -0.481 e. The Kier molecular flexibility index (Phi) is 7.46. The Balaban J connectivity index is 1.23. The van der Waals surface area contributed by atoms with E-state index in [-0.39, 0.29) is 5.92 Å². The predicted molar refractivity (Wildman–Crippen MR) is 166 cm³/mol. The summed E-state index contributed by atoms with van der Waals surface area (Å²) >= 11 is 0. The molecule has 4 nitrogen and oxygen atoms in total. The van der Waals surface area contributed by atoms with Gasteiger partial charge in [-0.05, 0) is 161 Å². The molecule has 6 rings (SSSR count). The first-order chi connectivity index (χ1) is 19.2. The summed E-state index contributed by atoms with van der Waals surface area (Å²) in [5, 5.41) is 23.9. The second-order valence-electron chi connectivity index (χ2n) is 17.1. The highest BCUT2D eigenvalue weighted by molar-refractivity contribution is 5.70. The number of aliphatic hydroxyl groups is 1. The summed E-state index contributed by atoms with van der Waals surface area (Å²) in [6.07, 6.45) is 21.6. The van der Waals surface area contributed by atoms with Crippen LogP contribution in [0.25, 0.3) is 0 Å². The average molecular weight is 566 g/mol. The molecule has 6 aliphatic carbocycles. The smallest absolute Gasteiger partial charge is 0.306 e. The van der Waals surface area contributed by atoms with Gasteiger partial charge in [0.15, 0.2) is 0 Å². The Bertz CT molecular complexity index is 1100. The third kappa shape index (κ3) is 4.63. The molecule has 0 spiro atoms. The minimum absolute atomic E-state index is 0.194. The molecule has 0 heterocycles. The zero-order valence-electron chi connectivity index (χ0n) is 27.0. The molecule has 0 saturated heterocycles. The zero-order valence-corrected chi connectivity index (χ0v) is 27.0. The number of fused-ring (bicyclic) bond motifs is 7. The maximum atomic E-state index is 11.5. The van der Waals surface area contributed by atoms with Gasteiger partial charge in [-0.25, -0.2) is 0 Å². The molecule has 4 saturated carbocycles. The maximum absolute atomic E-state index is 11.5. The quantitative estimate of drug-likeness (QED) is 0.303. The molecular formula is C37H59NO3. The van der Waals surface area contributed by atoms with Crippen LogP contribution >= 0.6 is 0 Å². The van der Waals surface area contributed by atoms with Crippen molar-refractivity contribution < 1.29 is 15.0 Å². The molecule has 10 atom stereocenters. The highest BCUT2D eigenvalue weighted by Gasteiger charge is 2.68. The Morgan fingerprint density at radius 2 is 1.73 bits per heavy atom. The molecule has 6 unspecified atom stereocenters. The number of hydrogen-bond donors (Lipinski definition) is 3. The zero-order chi connectivity index (χ0) is 29.4. The molecule has 0 bridgehead atoms. The average Bonchev–Trinajstić information content (AvgIpc) is 3.32. The summed E-state index contributed by atoms with van der Waals surface area (Å²) in [5.74, 6) is 2.87. The van der Waals surface area contributed by atoms with Gasteiger partial charge in [0.25, 0.3) is 0 Å². The van der Waals surface area contributed by atoms with E-state index >= 15 is 0 Å². The van der Waals surface area contributed by atoms with E-state index in [1.165, 1.54) is 69.8 Å². The minimum atomic E-state index is -0.628. The normalized spacial score (nSPS) is 47.8. The Morgan fingerprint density at radius 3 is 2.41 bits per heavy atom. The molecule has 230 valence electrons. The van der Waals surface area contributed by atoms with E-state index < -0.39 is 11.6 Å². The van der Waals surface area contributed by atoms with Gasteiger partial charge < -0.3 is 15.5 Å². The summed E-state index contributed by atoms with van der Waals surface area (Å²) in [6.45, 7) is 15.5. The second kappa shape index (κ2) is 10.2. The number of allylic oxidation sites excluding steroid dienone is 4. The van der Waals surface area contributed by atoms with Crippen molar-refractivity contribution in [3.63, 3.8) is 0 Å². The van der Waals surface area contributed by atoms with Crippen molar-refractivity contribution in [2.75, 3.05) is 6.54 Å². The van der Waals surface area contributed by atoms with Crippen LogP contribution in [-0.4, -0.2) is 33.9 Å². The van der Waals surface area contributed by atoms with Crippen LogP contribution in [0.15, 0.2) is 23.3 Å². The molecule has 0 aromatic carbocycles. The highest BCUT2D eigenvalue weighted by Crippen LogP contribution is 2.75. The third-order valence-corrected chi connectivity index (χ3v) is 14.9. The monoisotopic (exact) mass is 565 g/mol. The molecule has 0 aromatic rings. The molecule has 0 radical (unpaired) electrons. The lowest BCUT2D eigenvalue weighted by atomic mass is 9.34. The summed E-state index contributed by atoms with van der Waals surface area (Å²) < 4.78 is 0. The topological polar surface area (TPSA) is 69.6 Å². The molecule has 6 aliphatic rings. The Hall–Kier alpha value is -1.13. The number of aliphatic carboxylic acids is 1. The summed E-state index contributed by atoms with van der Waals surface area (Å²) in [7, 11) is 0. The van der Waals surface area contributed by atoms with Gasteiger partial charge >= 0.3 is 5.97 Å². The lowest BCUT2D eigenvalue weighted by molar-refractivity contribution is -0.212. The Morgan fingerprint density at radius 1 is 0.951 bits per heavy atom. The van der Waals surface area contributed by atoms with Gasteiger partial charge in [0, 0.05) is 5.54 Å². The molecule has 0 aromatic heterocycles. The fourth-order valence-electron chi connectivity index (χ4n) is 12.5. The molecule has 4 heteroatoms. The fraction of sp³-hybridized carbons (Fsp3) is 0.865. The second-order valence-corrected chi connectivity index (χ2v) is 17.1. The maximum Gasteiger partial charge on any atom is 0.306 e. The van der Waals surface area contributed by atoms with Gasteiger partial charge in [0.05, 0.1) is 11.5 Å². The van der Waals surface area contributed by atoms with Crippen LogP contribution in [0.4, 0.5) is 0 Å². The number of nitrogens with one attached hydrogen (secondary N) is 1. The van der Waals surface area contributed by atoms with Crippen LogP contribution in [0.2, 0.25) is 0 Å². The standard InChI is InChI=1S/C37H59NO3/c1-24-27(25-9-11-26(12-10-25)32(39)40)15-18-34(4)28(24)16-19-36(6)31(34)14-13-29-30-8-7-17-37(30,21-20-35(29,36)5)38-23-22-33(2,3)41/h9,15,24,26,28-31,38,41H,7-8,10-14,16-23H2,1-6H3,(H,39,40)/t24?,26?,28?,29?,30?,31?,34-,35+,36+,37-/m0/s1. The van der Waals surface area contributed by atoms with Gasteiger partial charge in [-0.3, -0.25) is 4.79 Å². The van der Waals surface area contributed by atoms with Crippen molar-refractivity contribution in [1.82, 2.24) is 5.32 Å². The fourth-order valence-corrected chi connectivity index (χ4v) is 12.5. The van der Waals surface area contributed by atoms with Crippen molar-refractivity contribution in [3.8, 4) is 0 Å². The van der Waals surface area contributed by atoms with E-state index in [1.807, 2.05) is 13.8 Å². The number of carbonyl (C=O) groups is 1. The molecule has 4 fully saturated rings. The number of carboxylic acids is 1. The lowest BCUT2D eigenvalue weighted by Crippen LogP contribution is -2.67. The highest BCUT2D eigenvalue weighted by atomic mass is 16.4. The summed E-state index contributed by atoms with van der Waals surface area (Å²) in [4.78, 5) is 11.5. The van der Waals surface area contributed by atoms with E-state index in [0.717, 1.165) is 49.5 Å². The van der Waals surface area contributed by atoms with Gasteiger partial charge in [-0.15, -0.1) is 0 Å². The van der Waals surface area contributed by atoms with Gasteiger partial charge in [-0.2, -0.15) is 0 Å². The van der Waals surface area contributed by atoms with E-state index in [2.05, 4.69) is 45.2 Å². The first-order valence-corrected chi connectivity index (χ1v) is 17.3. The molecule has 0 aliphatic heterocycles. The van der Waals surface area contributed by atoms with E-state index in [0.29, 0.717) is 34.1 Å². The molecule has 41 heavy (non-hydrogen) atoms. The van der Waals surface area contributed by atoms with Crippen molar-refractivity contribution >= 4 is 5.97 Å². The van der Waals surface area contributed by atoms with E-state index in [9.17, 15) is 15.0 Å². The van der Waals surface area contributed by atoms with Crippen molar-refractivity contribution in [3.05, 3.63) is 23.3 Å². The van der Waals surface area contributed by atoms with Crippen LogP contribution in [0.3, 0.4) is 0 Å². The summed E-state index contributed by atoms with van der Waals surface area (Å²) in [5.41, 5.74) is 3.88. The van der Waals surface area contributed by atoms with Crippen molar-refractivity contribution in [1.29, 1.82) is 0 Å². The van der Waals surface area contributed by atoms with Gasteiger partial charge in [0.2, 0.25) is 0 Å². The van der Waals surface area contributed by atoms with Gasteiger partial charge in [0.1, 0.15) is 0 Å². The molecule has 3 N–H and O–H groups in total. The van der Waals surface area contributed by atoms with E-state index in [4.69, 9.17) is 0 Å². The number of carboxylic acid groups (broad SMARTS) is 1. The largest absolute Gasteiger partial charge is 0.481 e. The summed E-state index contributed by atoms with van der Waals surface area (Å²) in [6, 6.07) is 0. The first-order valence-electron chi connectivity index (χ1n) is 17.3. The van der Waals surface area contributed by atoms with E-state index in [1.54, 1.807) is 5.57 Å². The van der Waals surface area contributed by atoms with Crippen LogP contribution in [0.5, 0.6) is 0 Å².